The Labute approximate surface area is 351 Å². The highest BCUT2D eigenvalue weighted by atomic mass is 32.1. The number of nitrogens with zero attached hydrogens (tertiary/aromatic N) is 4. The number of para-hydroxylation sites is 3. The van der Waals surface area contributed by atoms with Gasteiger partial charge in [-0.15, -0.1) is 11.3 Å². The second kappa shape index (κ2) is 15.2. The van der Waals surface area contributed by atoms with E-state index in [1.54, 1.807) is 0 Å². The number of hydrogen-bond donors (Lipinski definition) is 0. The first-order chi connectivity index (χ1) is 29.8. The lowest BCUT2D eigenvalue weighted by Gasteiger charge is -2.11. The molecule has 8 aromatic carbocycles. The highest BCUT2D eigenvalue weighted by molar-refractivity contribution is 7.26. The second-order valence-corrected chi connectivity index (χ2v) is 15.8. The van der Waals surface area contributed by atoms with Crippen molar-refractivity contribution in [2.45, 2.75) is 0 Å². The van der Waals surface area contributed by atoms with Gasteiger partial charge in [-0.25, -0.2) is 4.98 Å². The lowest BCUT2D eigenvalue weighted by atomic mass is 9.97. The van der Waals surface area contributed by atoms with Gasteiger partial charge in [-0.1, -0.05) is 158 Å². The fourth-order valence-corrected chi connectivity index (χ4v) is 9.66. The molecule has 0 aliphatic rings. The summed E-state index contributed by atoms with van der Waals surface area (Å²) >= 11 is 1.87. The third-order valence-corrected chi connectivity index (χ3v) is 12.4. The summed E-state index contributed by atoms with van der Waals surface area (Å²) in [6.45, 7) is 0. The van der Waals surface area contributed by atoms with E-state index in [0.29, 0.717) is 0 Å². The fraction of sp³-hybridized carbons (Fsp3) is 0. The van der Waals surface area contributed by atoms with Gasteiger partial charge in [-0.3, -0.25) is 14.5 Å². The molecule has 0 atom stereocenters. The van der Waals surface area contributed by atoms with Gasteiger partial charge in [0.25, 0.3) is 0 Å². The normalized spacial score (nSPS) is 11.3. The summed E-state index contributed by atoms with van der Waals surface area (Å²) in [4.78, 5) is 14.4. The minimum Gasteiger partial charge on any atom is -0.292 e. The van der Waals surface area contributed by atoms with Gasteiger partial charge in [0.1, 0.15) is 5.82 Å². The summed E-state index contributed by atoms with van der Waals surface area (Å²) in [6.07, 6.45) is 3.75. The van der Waals surface area contributed by atoms with Crippen LogP contribution in [0.2, 0.25) is 0 Å². The molecule has 0 radical (unpaired) electrons. The highest BCUT2D eigenvalue weighted by Gasteiger charge is 2.17. The smallest absolute Gasteiger partial charge is 0.145 e. The topological polar surface area (TPSA) is 43.6 Å². The molecule has 0 fully saturated rings. The molecule has 0 amide bonds. The van der Waals surface area contributed by atoms with Gasteiger partial charge in [0.15, 0.2) is 0 Å². The highest BCUT2D eigenvalue weighted by Crippen LogP contribution is 2.41. The fourth-order valence-electron chi connectivity index (χ4n) is 8.43. The monoisotopic (exact) mass is 784 g/mol. The predicted octanol–water partition coefficient (Wildman–Crippen LogP) is 14.8. The van der Waals surface area contributed by atoms with Crippen LogP contribution in [0.5, 0.6) is 0 Å². The molecular formula is C55H36N4S. The SMILES string of the molecule is c1ccc(-c2ccnc3c2ccc2c(-c4ccccc4)ccnc23)cc1.c1ccc(-n2c(-c3cccc(-c4cccc5c4sc4ccccc45)c3)nc3ccccc32)cc1. The van der Waals surface area contributed by atoms with Crippen molar-refractivity contribution in [2.75, 3.05) is 0 Å². The van der Waals surface area contributed by atoms with E-state index in [1.165, 1.54) is 53.6 Å². The lowest BCUT2D eigenvalue weighted by Crippen LogP contribution is -1.97. The maximum atomic E-state index is 5.06. The average molecular weight is 785 g/mol. The summed E-state index contributed by atoms with van der Waals surface area (Å²) < 4.78 is 4.92. The van der Waals surface area contributed by atoms with Crippen molar-refractivity contribution in [1.82, 2.24) is 19.5 Å². The van der Waals surface area contributed by atoms with Crippen molar-refractivity contribution < 1.29 is 0 Å². The Kier molecular flexibility index (Phi) is 8.99. The van der Waals surface area contributed by atoms with E-state index in [1.807, 2.05) is 41.9 Å². The lowest BCUT2D eigenvalue weighted by molar-refractivity contribution is 1.10. The third-order valence-electron chi connectivity index (χ3n) is 11.2. The number of pyridine rings is 2. The Hall–Kier alpha value is -7.73. The summed E-state index contributed by atoms with van der Waals surface area (Å²) in [7, 11) is 0. The zero-order valence-electron chi connectivity index (χ0n) is 32.5. The number of fused-ring (bicyclic) bond motifs is 7. The molecule has 4 nitrogen and oxygen atoms in total. The molecule has 0 saturated heterocycles. The summed E-state index contributed by atoms with van der Waals surface area (Å²) in [5, 5.41) is 4.90. The Morgan fingerprint density at radius 2 is 0.933 bits per heavy atom. The average Bonchev–Trinajstić information content (AvgIpc) is 3.92. The van der Waals surface area contributed by atoms with E-state index in [-0.39, 0.29) is 0 Å². The van der Waals surface area contributed by atoms with E-state index >= 15 is 0 Å². The molecule has 0 N–H and O–H groups in total. The molecule has 282 valence electrons. The number of imidazole rings is 1. The van der Waals surface area contributed by atoms with Crippen molar-refractivity contribution in [3.63, 3.8) is 0 Å². The summed E-state index contributed by atoms with van der Waals surface area (Å²) in [5.74, 6) is 0.956. The van der Waals surface area contributed by atoms with Crippen LogP contribution in [-0.4, -0.2) is 19.5 Å². The van der Waals surface area contributed by atoms with Crippen LogP contribution in [0.15, 0.2) is 219 Å². The standard InChI is InChI=1S/C31H20N2S.C24H16N2/c1-2-12-23(13-3-1)33-28-18-6-5-17-27(28)32-31(33)22-11-8-10-21(20-22)24-15-9-16-26-25-14-4-7-19-29(25)34-30(24)26;1-3-7-17(8-4-1)19-13-15-25-23-21(19)11-12-22-20(14-16-26-24(22)23)18-9-5-2-6-10-18/h1-20H;1-16H. The van der Waals surface area contributed by atoms with Gasteiger partial charge in [0.2, 0.25) is 0 Å². The molecule has 12 rings (SSSR count). The molecule has 4 aromatic heterocycles. The van der Waals surface area contributed by atoms with Crippen LogP contribution in [0.1, 0.15) is 0 Å². The van der Waals surface area contributed by atoms with Gasteiger partial charge in [-0.05, 0) is 81.9 Å². The van der Waals surface area contributed by atoms with Crippen molar-refractivity contribution in [3.8, 4) is 50.5 Å². The first-order valence-electron chi connectivity index (χ1n) is 20.1. The van der Waals surface area contributed by atoms with Gasteiger partial charge in [-0.2, -0.15) is 0 Å². The number of aromatic nitrogens is 4. The van der Waals surface area contributed by atoms with E-state index in [9.17, 15) is 0 Å². The minimum absolute atomic E-state index is 0.946. The van der Waals surface area contributed by atoms with Crippen molar-refractivity contribution in [2.24, 2.45) is 0 Å². The van der Waals surface area contributed by atoms with Gasteiger partial charge in [0.05, 0.1) is 22.1 Å². The first kappa shape index (κ1) is 35.4. The van der Waals surface area contributed by atoms with E-state index < -0.39 is 0 Å². The number of thiophene rings is 1. The largest absolute Gasteiger partial charge is 0.292 e. The molecule has 12 aromatic rings. The molecule has 0 bridgehead atoms. The van der Waals surface area contributed by atoms with Gasteiger partial charge in [0, 0.05) is 54.6 Å². The van der Waals surface area contributed by atoms with Crippen LogP contribution >= 0.6 is 11.3 Å². The molecule has 0 aliphatic carbocycles. The van der Waals surface area contributed by atoms with E-state index in [4.69, 9.17) is 4.98 Å². The summed E-state index contributed by atoms with van der Waals surface area (Å²) in [5.41, 5.74) is 13.5. The summed E-state index contributed by atoms with van der Waals surface area (Å²) in [6, 6.07) is 72.3. The van der Waals surface area contributed by atoms with Crippen LogP contribution < -0.4 is 0 Å². The molecule has 0 saturated carbocycles. The Morgan fingerprint density at radius 3 is 1.63 bits per heavy atom. The van der Waals surface area contributed by atoms with E-state index in [2.05, 4.69) is 203 Å². The Bertz CT molecular complexity index is 3380. The zero-order valence-corrected chi connectivity index (χ0v) is 33.3. The molecule has 60 heavy (non-hydrogen) atoms. The maximum Gasteiger partial charge on any atom is 0.145 e. The molecular weight excluding hydrogens is 749 g/mol. The van der Waals surface area contributed by atoms with Crippen molar-refractivity contribution in [3.05, 3.63) is 219 Å². The molecule has 5 heteroatoms. The molecule has 4 heterocycles. The Morgan fingerprint density at radius 1 is 0.383 bits per heavy atom. The van der Waals surface area contributed by atoms with Crippen LogP contribution in [0.25, 0.3) is 103 Å². The van der Waals surface area contributed by atoms with Crippen LogP contribution in [0.3, 0.4) is 0 Å². The molecule has 0 aliphatic heterocycles. The third kappa shape index (κ3) is 6.29. The van der Waals surface area contributed by atoms with Crippen molar-refractivity contribution >= 4 is 64.3 Å². The molecule has 0 unspecified atom stereocenters. The zero-order chi connectivity index (χ0) is 39.8. The quantitative estimate of drug-likeness (QED) is 0.163. The Balaban J connectivity index is 0.000000141. The number of rotatable bonds is 5. The molecule has 0 spiro atoms. The van der Waals surface area contributed by atoms with Crippen LogP contribution in [0, 0.1) is 0 Å². The first-order valence-corrected chi connectivity index (χ1v) is 20.9. The predicted molar refractivity (Wildman–Crippen MR) is 253 cm³/mol. The van der Waals surface area contributed by atoms with Crippen LogP contribution in [-0.2, 0) is 0 Å². The van der Waals surface area contributed by atoms with Gasteiger partial charge >= 0.3 is 0 Å². The van der Waals surface area contributed by atoms with Crippen LogP contribution in [0.4, 0.5) is 0 Å². The maximum absolute atomic E-state index is 5.06. The number of hydrogen-bond acceptors (Lipinski definition) is 4. The second-order valence-electron chi connectivity index (χ2n) is 14.8. The minimum atomic E-state index is 0.946. The van der Waals surface area contributed by atoms with E-state index in [0.717, 1.165) is 49.9 Å². The van der Waals surface area contributed by atoms with Gasteiger partial charge < -0.3 is 0 Å². The van der Waals surface area contributed by atoms with Crippen molar-refractivity contribution in [1.29, 1.82) is 0 Å². The number of benzene rings is 8.